The van der Waals surface area contributed by atoms with Crippen molar-refractivity contribution in [1.82, 2.24) is 0 Å². The summed E-state index contributed by atoms with van der Waals surface area (Å²) in [6, 6.07) is 0. The first kappa shape index (κ1) is 11.2. The molecule has 0 radical (unpaired) electrons. The van der Waals surface area contributed by atoms with Crippen LogP contribution >= 0.6 is 0 Å². The average Bonchev–Trinajstić information content (AvgIpc) is 2.34. The molecule has 1 rings (SSSR count). The molecule has 1 aliphatic rings. The summed E-state index contributed by atoms with van der Waals surface area (Å²) in [4.78, 5) is 11.0. The Hall–Kier alpha value is -0.910. The van der Waals surface area contributed by atoms with Crippen LogP contribution < -0.4 is 0 Å². The first-order chi connectivity index (χ1) is 6.56. The lowest BCUT2D eigenvalue weighted by atomic mass is 10.2. The number of ether oxygens (including phenoxy) is 1. The molecule has 3 N–H and O–H groups in total. The lowest BCUT2D eigenvalue weighted by Crippen LogP contribution is -2.28. The third-order valence-corrected chi connectivity index (χ3v) is 2.13. The number of aliphatic hydroxyl groups is 3. The topological polar surface area (TPSA) is 87.0 Å². The van der Waals surface area contributed by atoms with Crippen LogP contribution in [0.25, 0.3) is 0 Å². The van der Waals surface area contributed by atoms with Crippen molar-refractivity contribution < 1.29 is 24.9 Å². The molecule has 0 bridgehead atoms. The van der Waals surface area contributed by atoms with Crippen molar-refractivity contribution in [3.63, 3.8) is 0 Å². The molecule has 0 aliphatic heterocycles. The van der Waals surface area contributed by atoms with E-state index in [2.05, 4.69) is 4.74 Å². The molecule has 0 heterocycles. The molecule has 0 spiro atoms. The molecule has 0 unspecified atom stereocenters. The number of carbonyl (C=O) groups excluding carboxylic acids is 1. The number of esters is 1. The van der Waals surface area contributed by atoms with Gasteiger partial charge >= 0.3 is 5.97 Å². The summed E-state index contributed by atoms with van der Waals surface area (Å²) in [7, 11) is 0. The Morgan fingerprint density at radius 3 is 2.64 bits per heavy atom. The molecule has 0 aromatic carbocycles. The van der Waals surface area contributed by atoms with E-state index in [-0.39, 0.29) is 13.0 Å². The van der Waals surface area contributed by atoms with Gasteiger partial charge in [0.15, 0.2) is 0 Å². The van der Waals surface area contributed by atoms with Gasteiger partial charge in [-0.3, -0.25) is 0 Å². The highest BCUT2D eigenvalue weighted by atomic mass is 16.5. The van der Waals surface area contributed by atoms with Gasteiger partial charge in [0.2, 0.25) is 0 Å². The van der Waals surface area contributed by atoms with Gasteiger partial charge in [-0.15, -0.1) is 0 Å². The molecular formula is C9H14O5. The predicted octanol–water partition coefficient (Wildman–Crippen LogP) is -1.04. The third-order valence-electron chi connectivity index (χ3n) is 2.13. The SMILES string of the molecule is CCOC(=O)/C=C1\C[C@@H](O)[C@@H](O)[C@@H]1O. The van der Waals surface area contributed by atoms with Crippen LogP contribution in [-0.4, -0.2) is 46.2 Å². The standard InChI is InChI=1S/C9H14O5/c1-2-14-7(11)4-5-3-6(10)9(13)8(5)12/h4,6,8-10,12-13H,2-3H2,1H3/b5-4+/t6-,8-,9-/m1/s1. The van der Waals surface area contributed by atoms with Gasteiger partial charge in [-0.2, -0.15) is 0 Å². The highest BCUT2D eigenvalue weighted by molar-refractivity contribution is 5.83. The van der Waals surface area contributed by atoms with Crippen molar-refractivity contribution in [2.24, 2.45) is 0 Å². The second-order valence-corrected chi connectivity index (χ2v) is 3.18. The molecule has 5 nitrogen and oxygen atoms in total. The zero-order valence-corrected chi connectivity index (χ0v) is 7.88. The average molecular weight is 202 g/mol. The molecule has 1 saturated carbocycles. The van der Waals surface area contributed by atoms with Crippen LogP contribution in [0, 0.1) is 0 Å². The summed E-state index contributed by atoms with van der Waals surface area (Å²) in [5.74, 6) is -0.567. The second-order valence-electron chi connectivity index (χ2n) is 3.18. The molecule has 3 atom stereocenters. The first-order valence-corrected chi connectivity index (χ1v) is 4.47. The largest absolute Gasteiger partial charge is 0.463 e. The Labute approximate surface area is 81.6 Å². The van der Waals surface area contributed by atoms with E-state index in [0.29, 0.717) is 5.57 Å². The van der Waals surface area contributed by atoms with Crippen LogP contribution in [-0.2, 0) is 9.53 Å². The van der Waals surface area contributed by atoms with Gasteiger partial charge in [-0.1, -0.05) is 0 Å². The monoisotopic (exact) mass is 202 g/mol. The Morgan fingerprint density at radius 2 is 2.21 bits per heavy atom. The minimum Gasteiger partial charge on any atom is -0.463 e. The highest BCUT2D eigenvalue weighted by Gasteiger charge is 2.36. The van der Waals surface area contributed by atoms with Gasteiger partial charge in [0.05, 0.1) is 12.7 Å². The normalized spacial score (nSPS) is 34.9. The number of hydrogen-bond acceptors (Lipinski definition) is 5. The van der Waals surface area contributed by atoms with Gasteiger partial charge < -0.3 is 20.1 Å². The number of hydrogen-bond donors (Lipinski definition) is 3. The van der Waals surface area contributed by atoms with E-state index in [1.807, 2.05) is 0 Å². The van der Waals surface area contributed by atoms with Crippen molar-refractivity contribution in [3.8, 4) is 0 Å². The Balaban J connectivity index is 2.65. The van der Waals surface area contributed by atoms with Crippen molar-refractivity contribution in [2.75, 3.05) is 6.61 Å². The number of carbonyl (C=O) groups is 1. The lowest BCUT2D eigenvalue weighted by Gasteiger charge is -2.09. The summed E-state index contributed by atoms with van der Waals surface area (Å²) in [6.07, 6.45) is -2.18. The smallest absolute Gasteiger partial charge is 0.330 e. The maximum Gasteiger partial charge on any atom is 0.330 e. The lowest BCUT2D eigenvalue weighted by molar-refractivity contribution is -0.137. The summed E-state index contributed by atoms with van der Waals surface area (Å²) in [5.41, 5.74) is 0.309. The van der Waals surface area contributed by atoms with Gasteiger partial charge in [-0.05, 0) is 12.5 Å². The highest BCUT2D eigenvalue weighted by Crippen LogP contribution is 2.25. The fourth-order valence-corrected chi connectivity index (χ4v) is 1.39. The van der Waals surface area contributed by atoms with Crippen LogP contribution in [0.2, 0.25) is 0 Å². The Kier molecular flexibility index (Phi) is 3.62. The van der Waals surface area contributed by atoms with E-state index in [9.17, 15) is 20.1 Å². The van der Waals surface area contributed by atoms with E-state index < -0.39 is 24.3 Å². The molecule has 0 saturated heterocycles. The molecule has 80 valence electrons. The number of aliphatic hydroxyl groups excluding tert-OH is 3. The molecular weight excluding hydrogens is 188 g/mol. The van der Waals surface area contributed by atoms with Gasteiger partial charge in [0.25, 0.3) is 0 Å². The number of rotatable bonds is 2. The molecule has 5 heteroatoms. The molecule has 1 aliphatic carbocycles. The van der Waals surface area contributed by atoms with E-state index in [1.54, 1.807) is 6.92 Å². The van der Waals surface area contributed by atoms with Crippen molar-refractivity contribution in [2.45, 2.75) is 31.7 Å². The summed E-state index contributed by atoms with van der Waals surface area (Å²) >= 11 is 0. The zero-order chi connectivity index (χ0) is 10.7. The molecule has 0 amide bonds. The maximum atomic E-state index is 11.0. The van der Waals surface area contributed by atoms with Crippen molar-refractivity contribution in [3.05, 3.63) is 11.6 Å². The minimum atomic E-state index is -1.21. The minimum absolute atomic E-state index is 0.0984. The van der Waals surface area contributed by atoms with Crippen molar-refractivity contribution >= 4 is 5.97 Å². The van der Waals surface area contributed by atoms with Crippen molar-refractivity contribution in [1.29, 1.82) is 0 Å². The fraction of sp³-hybridized carbons (Fsp3) is 0.667. The second kappa shape index (κ2) is 4.54. The maximum absolute atomic E-state index is 11.0. The van der Waals surface area contributed by atoms with Gasteiger partial charge in [-0.25, -0.2) is 4.79 Å². The summed E-state index contributed by atoms with van der Waals surface area (Å²) in [5, 5.41) is 27.7. The van der Waals surface area contributed by atoms with Gasteiger partial charge in [0.1, 0.15) is 12.2 Å². The first-order valence-electron chi connectivity index (χ1n) is 4.47. The fourth-order valence-electron chi connectivity index (χ4n) is 1.39. The molecule has 1 fully saturated rings. The van der Waals surface area contributed by atoms with Gasteiger partial charge in [0, 0.05) is 12.5 Å². The van der Waals surface area contributed by atoms with E-state index in [4.69, 9.17) is 0 Å². The van der Waals surface area contributed by atoms with E-state index in [1.165, 1.54) is 0 Å². The molecule has 0 aromatic heterocycles. The van der Waals surface area contributed by atoms with Crippen LogP contribution in [0.1, 0.15) is 13.3 Å². The summed E-state index contributed by atoms with van der Waals surface area (Å²) < 4.78 is 4.63. The third kappa shape index (κ3) is 2.31. The Bertz CT molecular complexity index is 248. The Morgan fingerprint density at radius 1 is 1.57 bits per heavy atom. The van der Waals surface area contributed by atoms with E-state index in [0.717, 1.165) is 6.08 Å². The summed E-state index contributed by atoms with van der Waals surface area (Å²) in [6.45, 7) is 1.93. The van der Waals surface area contributed by atoms with E-state index >= 15 is 0 Å². The molecule has 0 aromatic rings. The van der Waals surface area contributed by atoms with Crippen LogP contribution in [0.3, 0.4) is 0 Å². The quantitative estimate of drug-likeness (QED) is 0.393. The zero-order valence-electron chi connectivity index (χ0n) is 7.88. The van der Waals surface area contributed by atoms with Crippen LogP contribution in [0.5, 0.6) is 0 Å². The molecule has 14 heavy (non-hydrogen) atoms. The predicted molar refractivity (Wildman–Crippen MR) is 47.4 cm³/mol. The van der Waals surface area contributed by atoms with Crippen LogP contribution in [0.15, 0.2) is 11.6 Å². The van der Waals surface area contributed by atoms with Crippen LogP contribution in [0.4, 0.5) is 0 Å².